The number of amides is 1. The lowest BCUT2D eigenvalue weighted by Gasteiger charge is -2.15. The summed E-state index contributed by atoms with van der Waals surface area (Å²) in [6.45, 7) is 3.33. The van der Waals surface area contributed by atoms with Gasteiger partial charge in [-0.1, -0.05) is 0 Å². The van der Waals surface area contributed by atoms with Crippen molar-refractivity contribution in [2.24, 2.45) is 0 Å². The van der Waals surface area contributed by atoms with Crippen molar-refractivity contribution in [1.82, 2.24) is 0 Å². The Bertz CT molecular complexity index is 720. The Labute approximate surface area is 128 Å². The van der Waals surface area contributed by atoms with Crippen molar-refractivity contribution >= 4 is 11.6 Å². The molecule has 4 nitrogen and oxygen atoms in total. The summed E-state index contributed by atoms with van der Waals surface area (Å²) in [6, 6.07) is 12.6. The summed E-state index contributed by atoms with van der Waals surface area (Å²) in [4.78, 5) is 12.1. The largest absolute Gasteiger partial charge is 0.481 e. The van der Waals surface area contributed by atoms with Gasteiger partial charge in [0.05, 0.1) is 11.6 Å². The average molecular weight is 298 g/mol. The zero-order valence-corrected chi connectivity index (χ0v) is 12.3. The van der Waals surface area contributed by atoms with E-state index in [0.29, 0.717) is 22.6 Å². The topological polar surface area (TPSA) is 62.1 Å². The van der Waals surface area contributed by atoms with Gasteiger partial charge < -0.3 is 10.1 Å². The number of anilines is 1. The van der Waals surface area contributed by atoms with Gasteiger partial charge >= 0.3 is 0 Å². The number of nitrogens with zero attached hydrogens (tertiary/aromatic N) is 1. The smallest absolute Gasteiger partial charge is 0.265 e. The number of rotatable bonds is 4. The minimum atomic E-state index is -0.725. The predicted molar refractivity (Wildman–Crippen MR) is 81.0 cm³/mol. The van der Waals surface area contributed by atoms with Gasteiger partial charge in [0, 0.05) is 5.69 Å². The van der Waals surface area contributed by atoms with Gasteiger partial charge in [-0.25, -0.2) is 4.39 Å². The first-order valence-corrected chi connectivity index (χ1v) is 6.73. The fourth-order valence-corrected chi connectivity index (χ4v) is 1.87. The van der Waals surface area contributed by atoms with Crippen molar-refractivity contribution in [1.29, 1.82) is 5.26 Å². The fraction of sp³-hybridized carbons (Fsp3) is 0.176. The van der Waals surface area contributed by atoms with Gasteiger partial charge in [0.15, 0.2) is 6.10 Å². The van der Waals surface area contributed by atoms with Gasteiger partial charge in [-0.3, -0.25) is 4.79 Å². The van der Waals surface area contributed by atoms with E-state index < -0.39 is 6.10 Å². The fourth-order valence-electron chi connectivity index (χ4n) is 1.87. The maximum Gasteiger partial charge on any atom is 0.265 e. The van der Waals surface area contributed by atoms with Crippen molar-refractivity contribution in [3.05, 3.63) is 59.4 Å². The molecular formula is C17H15FN2O2. The molecule has 22 heavy (non-hydrogen) atoms. The van der Waals surface area contributed by atoms with E-state index in [1.807, 2.05) is 6.07 Å². The molecule has 0 saturated heterocycles. The first-order valence-electron chi connectivity index (χ1n) is 6.73. The molecule has 112 valence electrons. The Morgan fingerprint density at radius 3 is 2.55 bits per heavy atom. The number of aryl methyl sites for hydroxylation is 1. The van der Waals surface area contributed by atoms with Crippen LogP contribution in [0.3, 0.4) is 0 Å². The third-order valence-electron chi connectivity index (χ3n) is 3.11. The lowest BCUT2D eigenvalue weighted by atomic mass is 10.2. The van der Waals surface area contributed by atoms with Crippen LogP contribution in [0.5, 0.6) is 5.75 Å². The highest BCUT2D eigenvalue weighted by Gasteiger charge is 2.15. The maximum atomic E-state index is 13.0. The minimum Gasteiger partial charge on any atom is -0.481 e. The van der Waals surface area contributed by atoms with Crippen LogP contribution in [0.1, 0.15) is 18.1 Å². The van der Waals surface area contributed by atoms with Crippen molar-refractivity contribution in [3.8, 4) is 11.8 Å². The first-order chi connectivity index (χ1) is 10.5. The molecule has 0 aliphatic carbocycles. The molecule has 1 amide bonds. The van der Waals surface area contributed by atoms with E-state index in [0.717, 1.165) is 0 Å². The SMILES string of the molecule is Cc1cc(F)ccc1NC(=O)C(C)Oc1ccc(C#N)cc1. The van der Waals surface area contributed by atoms with Gasteiger partial charge in [0.2, 0.25) is 0 Å². The van der Waals surface area contributed by atoms with Gasteiger partial charge in [-0.2, -0.15) is 5.26 Å². The molecule has 0 heterocycles. The lowest BCUT2D eigenvalue weighted by molar-refractivity contribution is -0.122. The Morgan fingerprint density at radius 1 is 1.27 bits per heavy atom. The van der Waals surface area contributed by atoms with Gasteiger partial charge in [0.1, 0.15) is 11.6 Å². The molecule has 1 N–H and O–H groups in total. The molecule has 5 heteroatoms. The Kier molecular flexibility index (Phi) is 4.74. The zero-order valence-electron chi connectivity index (χ0n) is 12.3. The molecule has 0 aromatic heterocycles. The van der Waals surface area contributed by atoms with Crippen LogP contribution < -0.4 is 10.1 Å². The number of halogens is 1. The van der Waals surface area contributed by atoms with E-state index in [1.54, 1.807) is 38.1 Å². The molecule has 2 aromatic carbocycles. The standard InChI is InChI=1S/C17H15FN2O2/c1-11-9-14(18)5-8-16(11)20-17(21)12(2)22-15-6-3-13(10-19)4-7-15/h3-9,12H,1-2H3,(H,20,21). The molecule has 0 aliphatic heterocycles. The quantitative estimate of drug-likeness (QED) is 0.940. The third kappa shape index (κ3) is 3.83. The molecule has 0 aliphatic rings. The molecule has 0 spiro atoms. The molecule has 0 radical (unpaired) electrons. The highest BCUT2D eigenvalue weighted by Crippen LogP contribution is 2.17. The van der Waals surface area contributed by atoms with E-state index in [2.05, 4.69) is 5.32 Å². The summed E-state index contributed by atoms with van der Waals surface area (Å²) in [6.07, 6.45) is -0.725. The van der Waals surface area contributed by atoms with Crippen LogP contribution in [0, 0.1) is 24.1 Å². The Morgan fingerprint density at radius 2 is 1.95 bits per heavy atom. The summed E-state index contributed by atoms with van der Waals surface area (Å²) in [5, 5.41) is 11.4. The zero-order chi connectivity index (χ0) is 16.1. The third-order valence-corrected chi connectivity index (χ3v) is 3.11. The van der Waals surface area contributed by atoms with E-state index in [9.17, 15) is 9.18 Å². The van der Waals surface area contributed by atoms with Gasteiger partial charge in [-0.15, -0.1) is 0 Å². The number of carbonyl (C=O) groups is 1. The summed E-state index contributed by atoms with van der Waals surface area (Å²) in [5.74, 6) is -0.186. The van der Waals surface area contributed by atoms with E-state index >= 15 is 0 Å². The van der Waals surface area contributed by atoms with Crippen LogP contribution in [0.4, 0.5) is 10.1 Å². The molecule has 1 unspecified atom stereocenters. The van der Waals surface area contributed by atoms with Gasteiger partial charge in [0.25, 0.3) is 5.91 Å². The number of benzene rings is 2. The monoisotopic (exact) mass is 298 g/mol. The number of nitriles is 1. The summed E-state index contributed by atoms with van der Waals surface area (Å²) >= 11 is 0. The van der Waals surface area contributed by atoms with E-state index in [1.165, 1.54) is 18.2 Å². The summed E-state index contributed by atoms with van der Waals surface area (Å²) < 4.78 is 18.5. The van der Waals surface area contributed by atoms with Crippen molar-refractivity contribution in [2.45, 2.75) is 20.0 Å². The second-order valence-electron chi connectivity index (χ2n) is 4.84. The van der Waals surface area contributed by atoms with Crippen molar-refractivity contribution in [3.63, 3.8) is 0 Å². The number of hydrogen-bond acceptors (Lipinski definition) is 3. The maximum absolute atomic E-state index is 13.0. The first kappa shape index (κ1) is 15.5. The van der Waals surface area contributed by atoms with E-state index in [-0.39, 0.29) is 11.7 Å². The second kappa shape index (κ2) is 6.72. The van der Waals surface area contributed by atoms with Crippen molar-refractivity contribution in [2.75, 3.05) is 5.32 Å². The molecule has 0 saturated carbocycles. The average Bonchev–Trinajstić information content (AvgIpc) is 2.50. The van der Waals surface area contributed by atoms with Crippen LogP contribution >= 0.6 is 0 Å². The van der Waals surface area contributed by atoms with Crippen molar-refractivity contribution < 1.29 is 13.9 Å². The normalized spacial score (nSPS) is 11.4. The van der Waals surface area contributed by atoms with Crippen LogP contribution in [0.25, 0.3) is 0 Å². The number of hydrogen-bond donors (Lipinski definition) is 1. The molecular weight excluding hydrogens is 283 g/mol. The number of ether oxygens (including phenoxy) is 1. The summed E-state index contributed by atoms with van der Waals surface area (Å²) in [7, 11) is 0. The van der Waals surface area contributed by atoms with Crippen LogP contribution in [0.2, 0.25) is 0 Å². The molecule has 0 bridgehead atoms. The van der Waals surface area contributed by atoms with Crippen LogP contribution in [0.15, 0.2) is 42.5 Å². The number of nitrogens with one attached hydrogen (secondary N) is 1. The Balaban J connectivity index is 2.01. The van der Waals surface area contributed by atoms with E-state index in [4.69, 9.17) is 10.00 Å². The van der Waals surface area contributed by atoms with Gasteiger partial charge in [-0.05, 0) is 61.9 Å². The minimum absolute atomic E-state index is 0.334. The number of carbonyl (C=O) groups excluding carboxylic acids is 1. The molecule has 0 fully saturated rings. The molecule has 1 atom stereocenters. The predicted octanol–water partition coefficient (Wildman–Crippen LogP) is 3.41. The Hall–Kier alpha value is -2.87. The van der Waals surface area contributed by atoms with Crippen LogP contribution in [-0.2, 0) is 4.79 Å². The highest BCUT2D eigenvalue weighted by atomic mass is 19.1. The molecule has 2 aromatic rings. The second-order valence-corrected chi connectivity index (χ2v) is 4.84. The van der Waals surface area contributed by atoms with Crippen LogP contribution in [-0.4, -0.2) is 12.0 Å². The molecule has 2 rings (SSSR count). The summed E-state index contributed by atoms with van der Waals surface area (Å²) in [5.41, 5.74) is 1.70. The highest BCUT2D eigenvalue weighted by molar-refractivity contribution is 5.94. The lowest BCUT2D eigenvalue weighted by Crippen LogP contribution is -2.30.